The lowest BCUT2D eigenvalue weighted by Crippen LogP contribution is -2.07. The molecule has 5 nitrogen and oxygen atoms in total. The molecule has 2 aromatic rings. The molecule has 0 aromatic heterocycles. The van der Waals surface area contributed by atoms with E-state index in [1.54, 1.807) is 25.1 Å². The second-order valence-electron chi connectivity index (χ2n) is 5.05. The number of anilines is 2. The quantitative estimate of drug-likeness (QED) is 0.547. The molecule has 0 atom stereocenters. The predicted molar refractivity (Wildman–Crippen MR) is 96.6 cm³/mol. The monoisotopic (exact) mass is 366 g/mol. The number of carbonyl (C=O) groups is 1. The maximum absolute atomic E-state index is 10.4. The van der Waals surface area contributed by atoms with Gasteiger partial charge < -0.3 is 15.3 Å². The summed E-state index contributed by atoms with van der Waals surface area (Å²) in [5.41, 5.74) is 3.06. The van der Waals surface area contributed by atoms with Crippen LogP contribution >= 0.6 is 23.2 Å². The fourth-order valence-electron chi connectivity index (χ4n) is 2.05. The third-order valence-corrected chi connectivity index (χ3v) is 3.72. The summed E-state index contributed by atoms with van der Waals surface area (Å²) in [6.07, 6.45) is 0.491. The molecule has 0 radical (unpaired) electrons. The van der Waals surface area contributed by atoms with Crippen LogP contribution in [0, 0.1) is 0 Å². The maximum Gasteiger partial charge on any atom is 0.344 e. The maximum atomic E-state index is 10.4. The van der Waals surface area contributed by atoms with Crippen molar-refractivity contribution in [3.63, 3.8) is 0 Å². The Bertz CT molecular complexity index is 743. The molecular weight excluding hydrogens is 351 g/mol. The average molecular weight is 367 g/mol. The minimum Gasteiger partial charge on any atom is -0.479 e. The summed E-state index contributed by atoms with van der Waals surface area (Å²) < 4.78 is 0. The molecule has 0 spiro atoms. The summed E-state index contributed by atoms with van der Waals surface area (Å²) in [4.78, 5) is 15.2. The zero-order valence-corrected chi connectivity index (χ0v) is 14.4. The van der Waals surface area contributed by atoms with E-state index in [0.29, 0.717) is 27.9 Å². The van der Waals surface area contributed by atoms with Crippen LogP contribution in [0.2, 0.25) is 10.0 Å². The molecule has 2 aromatic carbocycles. The molecule has 0 saturated carbocycles. The van der Waals surface area contributed by atoms with Crippen LogP contribution in [0.1, 0.15) is 12.5 Å². The van der Waals surface area contributed by atoms with Crippen LogP contribution in [0.25, 0.3) is 0 Å². The van der Waals surface area contributed by atoms with E-state index in [1.807, 2.05) is 24.3 Å². The number of carboxylic acids is 1. The smallest absolute Gasteiger partial charge is 0.344 e. The second kappa shape index (κ2) is 8.57. The van der Waals surface area contributed by atoms with Crippen LogP contribution < -0.4 is 5.32 Å². The summed E-state index contributed by atoms with van der Waals surface area (Å²) in [5, 5.41) is 16.6. The predicted octanol–water partition coefficient (Wildman–Crippen LogP) is 4.76. The fraction of sp³-hybridized carbons (Fsp3) is 0.176. The normalized spacial score (nSPS) is 11.2. The highest BCUT2D eigenvalue weighted by atomic mass is 35.5. The largest absolute Gasteiger partial charge is 0.479 e. The zero-order valence-electron chi connectivity index (χ0n) is 12.9. The molecule has 2 N–H and O–H groups in total. The molecule has 0 fully saturated rings. The first kappa shape index (κ1) is 18.1. The molecule has 126 valence electrons. The lowest BCUT2D eigenvalue weighted by molar-refractivity contribution is -0.142. The van der Waals surface area contributed by atoms with Gasteiger partial charge in [-0.1, -0.05) is 52.6 Å². The molecule has 0 aliphatic heterocycles. The van der Waals surface area contributed by atoms with Gasteiger partial charge in [-0.3, -0.25) is 0 Å². The number of nitrogens with zero attached hydrogens (tertiary/aromatic N) is 1. The van der Waals surface area contributed by atoms with E-state index in [9.17, 15) is 4.79 Å². The van der Waals surface area contributed by atoms with Gasteiger partial charge in [-0.15, -0.1) is 0 Å². The summed E-state index contributed by atoms with van der Waals surface area (Å²) in [5.74, 6) is -1.07. The molecule has 2 rings (SSSR count). The Hall–Kier alpha value is -2.24. The third-order valence-electron chi connectivity index (χ3n) is 3.09. The van der Waals surface area contributed by atoms with Crippen molar-refractivity contribution in [2.75, 3.05) is 11.9 Å². The van der Waals surface area contributed by atoms with Crippen LogP contribution in [0.4, 0.5) is 11.4 Å². The van der Waals surface area contributed by atoms with Gasteiger partial charge >= 0.3 is 5.97 Å². The Morgan fingerprint density at radius 1 is 1.17 bits per heavy atom. The highest BCUT2D eigenvalue weighted by molar-refractivity contribution is 6.39. The number of oxime groups is 1. The van der Waals surface area contributed by atoms with E-state index in [1.165, 1.54) is 0 Å². The second-order valence-corrected chi connectivity index (χ2v) is 5.86. The van der Waals surface area contributed by atoms with Crippen molar-refractivity contribution in [1.29, 1.82) is 0 Å². The molecule has 0 aliphatic rings. The van der Waals surface area contributed by atoms with Gasteiger partial charge in [0.2, 0.25) is 6.61 Å². The zero-order chi connectivity index (χ0) is 17.5. The van der Waals surface area contributed by atoms with Crippen molar-refractivity contribution >= 4 is 46.3 Å². The van der Waals surface area contributed by atoms with E-state index in [-0.39, 0.29) is 0 Å². The van der Waals surface area contributed by atoms with E-state index < -0.39 is 12.6 Å². The molecule has 0 amide bonds. The van der Waals surface area contributed by atoms with Crippen LogP contribution in [0.5, 0.6) is 0 Å². The molecule has 0 aliphatic carbocycles. The topological polar surface area (TPSA) is 70.9 Å². The minimum absolute atomic E-state index is 0.466. The number of rotatable bonds is 7. The number of halogens is 2. The van der Waals surface area contributed by atoms with Gasteiger partial charge in [0.15, 0.2) is 0 Å². The van der Waals surface area contributed by atoms with E-state index in [0.717, 1.165) is 11.3 Å². The first-order valence-electron chi connectivity index (χ1n) is 7.13. The highest BCUT2D eigenvalue weighted by Gasteiger charge is 2.09. The highest BCUT2D eigenvalue weighted by Crippen LogP contribution is 2.33. The number of hydrogen-bond donors (Lipinski definition) is 2. The SMILES string of the molecule is CC(Cc1ccccc1Nc1c(Cl)cccc1Cl)=NOCC(=O)O. The van der Waals surface area contributed by atoms with Crippen LogP contribution in [0.15, 0.2) is 47.6 Å². The Labute approximate surface area is 149 Å². The molecular formula is C17H16Cl2N2O3. The first-order valence-corrected chi connectivity index (χ1v) is 7.89. The van der Waals surface area contributed by atoms with Gasteiger partial charge in [0.05, 0.1) is 21.4 Å². The van der Waals surface area contributed by atoms with Gasteiger partial charge in [-0.2, -0.15) is 0 Å². The van der Waals surface area contributed by atoms with Gasteiger partial charge in [0.25, 0.3) is 0 Å². The Morgan fingerprint density at radius 2 is 1.83 bits per heavy atom. The van der Waals surface area contributed by atoms with E-state index in [2.05, 4.69) is 10.5 Å². The molecule has 0 saturated heterocycles. The standard InChI is InChI=1S/C17H16Cl2N2O3/c1-11(21-24-10-16(22)23)9-12-5-2-3-8-15(12)20-17-13(18)6-4-7-14(17)19/h2-8,20H,9-10H2,1H3,(H,22,23). The summed E-state index contributed by atoms with van der Waals surface area (Å²) in [6, 6.07) is 12.9. The Balaban J connectivity index is 2.17. The Kier molecular flexibility index (Phi) is 6.46. The minimum atomic E-state index is -1.07. The van der Waals surface area contributed by atoms with E-state index in [4.69, 9.17) is 33.1 Å². The van der Waals surface area contributed by atoms with Crippen molar-refractivity contribution in [3.8, 4) is 0 Å². The number of hydrogen-bond acceptors (Lipinski definition) is 4. The molecule has 7 heteroatoms. The first-order chi connectivity index (χ1) is 11.5. The summed E-state index contributed by atoms with van der Waals surface area (Å²) in [7, 11) is 0. The van der Waals surface area contributed by atoms with Crippen LogP contribution in [-0.2, 0) is 16.1 Å². The van der Waals surface area contributed by atoms with Crippen molar-refractivity contribution in [3.05, 3.63) is 58.1 Å². The van der Waals surface area contributed by atoms with Crippen molar-refractivity contribution in [1.82, 2.24) is 0 Å². The number of para-hydroxylation sites is 2. The number of aliphatic carboxylic acids is 1. The van der Waals surface area contributed by atoms with E-state index >= 15 is 0 Å². The summed E-state index contributed by atoms with van der Waals surface area (Å²) in [6.45, 7) is 1.30. The van der Waals surface area contributed by atoms with Gasteiger partial charge in [0.1, 0.15) is 0 Å². The average Bonchev–Trinajstić information content (AvgIpc) is 2.52. The summed E-state index contributed by atoms with van der Waals surface area (Å²) >= 11 is 12.4. The van der Waals surface area contributed by atoms with Crippen molar-refractivity contribution in [2.45, 2.75) is 13.3 Å². The number of benzene rings is 2. The lowest BCUT2D eigenvalue weighted by atomic mass is 10.1. The third kappa shape index (κ3) is 5.15. The molecule has 0 heterocycles. The van der Waals surface area contributed by atoms with Gasteiger partial charge in [-0.05, 0) is 30.7 Å². The molecule has 24 heavy (non-hydrogen) atoms. The van der Waals surface area contributed by atoms with Crippen molar-refractivity contribution in [2.24, 2.45) is 5.16 Å². The molecule has 0 bridgehead atoms. The lowest BCUT2D eigenvalue weighted by Gasteiger charge is -2.14. The molecule has 0 unspecified atom stereocenters. The number of nitrogens with one attached hydrogen (secondary N) is 1. The fourth-order valence-corrected chi connectivity index (χ4v) is 2.55. The van der Waals surface area contributed by atoms with Gasteiger partial charge in [0, 0.05) is 12.1 Å². The van der Waals surface area contributed by atoms with Crippen molar-refractivity contribution < 1.29 is 14.7 Å². The Morgan fingerprint density at radius 3 is 2.50 bits per heavy atom. The van der Waals surface area contributed by atoms with Crippen LogP contribution in [0.3, 0.4) is 0 Å². The van der Waals surface area contributed by atoms with Gasteiger partial charge in [-0.25, -0.2) is 4.79 Å². The van der Waals surface area contributed by atoms with Crippen LogP contribution in [-0.4, -0.2) is 23.4 Å². The number of carboxylic acid groups (broad SMARTS) is 1.